The molecule has 0 saturated carbocycles. The summed E-state index contributed by atoms with van der Waals surface area (Å²) in [6.45, 7) is 2.99. The van der Waals surface area contributed by atoms with E-state index in [2.05, 4.69) is 10.2 Å². The van der Waals surface area contributed by atoms with Gasteiger partial charge in [0.05, 0.1) is 0 Å². The standard InChI is InChI=1S/C8H17N3O/c1-10-8(12)3-2-4-11-5-7(9)6-11/h7H,2-6,9H2,1H3,(H,10,12). The van der Waals surface area contributed by atoms with Gasteiger partial charge in [0.25, 0.3) is 0 Å². The number of carbonyl (C=O) groups is 1. The van der Waals surface area contributed by atoms with E-state index in [0.717, 1.165) is 26.1 Å². The number of nitrogens with one attached hydrogen (secondary N) is 1. The molecule has 0 aliphatic carbocycles. The average molecular weight is 171 g/mol. The van der Waals surface area contributed by atoms with E-state index in [1.165, 1.54) is 0 Å². The second-order valence-electron chi connectivity index (χ2n) is 3.30. The first-order valence-corrected chi connectivity index (χ1v) is 4.41. The van der Waals surface area contributed by atoms with Crippen LogP contribution in [0.3, 0.4) is 0 Å². The van der Waals surface area contributed by atoms with Crippen molar-refractivity contribution in [2.45, 2.75) is 18.9 Å². The van der Waals surface area contributed by atoms with E-state index in [-0.39, 0.29) is 5.91 Å². The summed E-state index contributed by atoms with van der Waals surface area (Å²) >= 11 is 0. The molecular weight excluding hydrogens is 154 g/mol. The van der Waals surface area contributed by atoms with E-state index in [4.69, 9.17) is 5.73 Å². The Balaban J connectivity index is 1.93. The molecule has 0 unspecified atom stereocenters. The van der Waals surface area contributed by atoms with Crippen molar-refractivity contribution in [1.82, 2.24) is 10.2 Å². The Bertz CT molecular complexity index is 154. The molecule has 0 aromatic heterocycles. The fraction of sp³-hybridized carbons (Fsp3) is 0.875. The van der Waals surface area contributed by atoms with E-state index in [1.54, 1.807) is 7.05 Å². The number of amides is 1. The summed E-state index contributed by atoms with van der Waals surface area (Å²) < 4.78 is 0. The zero-order chi connectivity index (χ0) is 8.97. The van der Waals surface area contributed by atoms with Gasteiger partial charge in [-0.15, -0.1) is 0 Å². The third-order valence-electron chi connectivity index (χ3n) is 2.14. The number of rotatable bonds is 4. The van der Waals surface area contributed by atoms with Crippen molar-refractivity contribution in [3.05, 3.63) is 0 Å². The minimum Gasteiger partial charge on any atom is -0.359 e. The smallest absolute Gasteiger partial charge is 0.219 e. The molecule has 1 aliphatic rings. The molecule has 1 saturated heterocycles. The van der Waals surface area contributed by atoms with Crippen LogP contribution in [-0.2, 0) is 4.79 Å². The van der Waals surface area contributed by atoms with Crippen LogP contribution in [0.2, 0.25) is 0 Å². The van der Waals surface area contributed by atoms with Gasteiger partial charge in [-0.3, -0.25) is 4.79 Å². The maximum absolute atomic E-state index is 10.8. The molecule has 4 nitrogen and oxygen atoms in total. The maximum atomic E-state index is 10.8. The highest BCUT2D eigenvalue weighted by molar-refractivity contribution is 5.75. The van der Waals surface area contributed by atoms with Crippen molar-refractivity contribution in [3.63, 3.8) is 0 Å². The molecular formula is C8H17N3O. The van der Waals surface area contributed by atoms with E-state index in [1.807, 2.05) is 0 Å². The molecule has 12 heavy (non-hydrogen) atoms. The molecule has 1 amide bonds. The normalized spacial score (nSPS) is 18.8. The number of hydrogen-bond donors (Lipinski definition) is 2. The summed E-state index contributed by atoms with van der Waals surface area (Å²) in [5, 5.41) is 2.60. The molecule has 3 N–H and O–H groups in total. The van der Waals surface area contributed by atoms with Crippen LogP contribution in [0.5, 0.6) is 0 Å². The van der Waals surface area contributed by atoms with Gasteiger partial charge in [-0.05, 0) is 13.0 Å². The summed E-state index contributed by atoms with van der Waals surface area (Å²) in [6.07, 6.45) is 1.56. The number of nitrogens with zero attached hydrogens (tertiary/aromatic N) is 1. The molecule has 1 aliphatic heterocycles. The van der Waals surface area contributed by atoms with E-state index < -0.39 is 0 Å². The fourth-order valence-electron chi connectivity index (χ4n) is 1.38. The number of carbonyl (C=O) groups excluding carboxylic acids is 1. The highest BCUT2D eigenvalue weighted by Gasteiger charge is 2.21. The third-order valence-corrected chi connectivity index (χ3v) is 2.14. The van der Waals surface area contributed by atoms with Gasteiger partial charge >= 0.3 is 0 Å². The highest BCUT2D eigenvalue weighted by atomic mass is 16.1. The topological polar surface area (TPSA) is 58.4 Å². The van der Waals surface area contributed by atoms with Crippen LogP contribution in [0.4, 0.5) is 0 Å². The van der Waals surface area contributed by atoms with Crippen molar-refractivity contribution >= 4 is 5.91 Å². The van der Waals surface area contributed by atoms with Crippen LogP contribution in [0, 0.1) is 0 Å². The van der Waals surface area contributed by atoms with Crippen LogP contribution < -0.4 is 11.1 Å². The summed E-state index contributed by atoms with van der Waals surface area (Å²) in [6, 6.07) is 0.366. The van der Waals surface area contributed by atoms with Gasteiger partial charge < -0.3 is 16.0 Å². The molecule has 0 bridgehead atoms. The Morgan fingerprint density at radius 3 is 2.83 bits per heavy atom. The molecule has 0 atom stereocenters. The van der Waals surface area contributed by atoms with E-state index in [0.29, 0.717) is 12.5 Å². The van der Waals surface area contributed by atoms with Crippen molar-refractivity contribution in [2.75, 3.05) is 26.7 Å². The van der Waals surface area contributed by atoms with Gasteiger partial charge in [-0.25, -0.2) is 0 Å². The van der Waals surface area contributed by atoms with Gasteiger partial charge in [-0.1, -0.05) is 0 Å². The highest BCUT2D eigenvalue weighted by Crippen LogP contribution is 2.06. The molecule has 1 rings (SSSR count). The number of nitrogens with two attached hydrogens (primary N) is 1. The minimum absolute atomic E-state index is 0.125. The molecule has 0 radical (unpaired) electrons. The predicted octanol–water partition coefficient (Wildman–Crippen LogP) is -0.844. The Kier molecular flexibility index (Phi) is 3.49. The summed E-state index contributed by atoms with van der Waals surface area (Å²) in [5.74, 6) is 0.125. The lowest BCUT2D eigenvalue weighted by Crippen LogP contribution is -2.55. The zero-order valence-corrected chi connectivity index (χ0v) is 7.55. The SMILES string of the molecule is CNC(=O)CCCN1CC(N)C1. The molecule has 1 heterocycles. The molecule has 0 aromatic carbocycles. The van der Waals surface area contributed by atoms with Gasteiger partial charge in [0, 0.05) is 32.6 Å². The molecule has 0 spiro atoms. The Morgan fingerprint density at radius 2 is 2.33 bits per heavy atom. The van der Waals surface area contributed by atoms with Crippen LogP contribution in [-0.4, -0.2) is 43.5 Å². The average Bonchev–Trinajstić information content (AvgIpc) is 2.01. The lowest BCUT2D eigenvalue weighted by molar-refractivity contribution is -0.120. The van der Waals surface area contributed by atoms with Crippen molar-refractivity contribution in [3.8, 4) is 0 Å². The number of hydrogen-bond acceptors (Lipinski definition) is 3. The van der Waals surface area contributed by atoms with Crippen LogP contribution in [0.1, 0.15) is 12.8 Å². The predicted molar refractivity (Wildman–Crippen MR) is 47.7 cm³/mol. The largest absolute Gasteiger partial charge is 0.359 e. The first-order chi connectivity index (χ1) is 5.72. The van der Waals surface area contributed by atoms with Gasteiger partial charge in [-0.2, -0.15) is 0 Å². The lowest BCUT2D eigenvalue weighted by Gasteiger charge is -2.36. The maximum Gasteiger partial charge on any atom is 0.219 e. The summed E-state index contributed by atoms with van der Waals surface area (Å²) in [5.41, 5.74) is 5.61. The minimum atomic E-state index is 0.125. The summed E-state index contributed by atoms with van der Waals surface area (Å²) in [4.78, 5) is 13.1. The Labute approximate surface area is 73.1 Å². The van der Waals surface area contributed by atoms with Gasteiger partial charge in [0.15, 0.2) is 0 Å². The fourth-order valence-corrected chi connectivity index (χ4v) is 1.38. The van der Waals surface area contributed by atoms with Crippen molar-refractivity contribution < 1.29 is 4.79 Å². The second-order valence-corrected chi connectivity index (χ2v) is 3.30. The molecule has 4 heteroatoms. The van der Waals surface area contributed by atoms with Crippen LogP contribution in [0.25, 0.3) is 0 Å². The molecule has 1 fully saturated rings. The number of likely N-dealkylation sites (tertiary alicyclic amines) is 1. The Hall–Kier alpha value is -0.610. The van der Waals surface area contributed by atoms with E-state index in [9.17, 15) is 4.79 Å². The monoisotopic (exact) mass is 171 g/mol. The quantitative estimate of drug-likeness (QED) is 0.579. The van der Waals surface area contributed by atoms with Gasteiger partial charge in [0.1, 0.15) is 0 Å². The first kappa shape index (κ1) is 9.48. The first-order valence-electron chi connectivity index (χ1n) is 4.41. The lowest BCUT2D eigenvalue weighted by atomic mass is 10.1. The molecule has 70 valence electrons. The van der Waals surface area contributed by atoms with Crippen molar-refractivity contribution in [2.24, 2.45) is 5.73 Å². The van der Waals surface area contributed by atoms with E-state index >= 15 is 0 Å². The third kappa shape index (κ3) is 2.79. The van der Waals surface area contributed by atoms with Crippen molar-refractivity contribution in [1.29, 1.82) is 0 Å². The molecule has 0 aromatic rings. The second kappa shape index (κ2) is 4.42. The summed E-state index contributed by atoms with van der Waals surface area (Å²) in [7, 11) is 1.67. The zero-order valence-electron chi connectivity index (χ0n) is 7.55. The Morgan fingerprint density at radius 1 is 1.67 bits per heavy atom. The van der Waals surface area contributed by atoms with Gasteiger partial charge in [0.2, 0.25) is 5.91 Å². The van der Waals surface area contributed by atoms with Crippen LogP contribution in [0.15, 0.2) is 0 Å². The van der Waals surface area contributed by atoms with Crippen LogP contribution >= 0.6 is 0 Å².